The highest BCUT2D eigenvalue weighted by Crippen LogP contribution is 2.26. The first kappa shape index (κ1) is 13.7. The molecule has 0 aliphatic carbocycles. The molecule has 1 saturated heterocycles. The largest absolute Gasteiger partial charge is 0.315 e. The highest BCUT2D eigenvalue weighted by molar-refractivity contribution is 6.31. The summed E-state index contributed by atoms with van der Waals surface area (Å²) in [4.78, 5) is 9.36. The Hall–Kier alpha value is -1.91. The molecule has 3 heterocycles. The van der Waals surface area contributed by atoms with Crippen LogP contribution < -0.4 is 5.32 Å². The lowest BCUT2D eigenvalue weighted by Crippen LogP contribution is -2.16. The molecule has 0 saturated carbocycles. The number of nitrogens with one attached hydrogen (secondary N) is 1. The lowest BCUT2D eigenvalue weighted by molar-refractivity contribution is 0.538. The molecule has 1 atom stereocenters. The van der Waals surface area contributed by atoms with Gasteiger partial charge in [-0.2, -0.15) is 0 Å². The Morgan fingerprint density at radius 3 is 2.95 bits per heavy atom. The Morgan fingerprint density at radius 2 is 2.14 bits per heavy atom. The monoisotopic (exact) mass is 312 g/mol. The fourth-order valence-electron chi connectivity index (χ4n) is 3.16. The molecule has 1 fully saturated rings. The summed E-state index contributed by atoms with van der Waals surface area (Å²) in [6.07, 6.45) is 3.67. The summed E-state index contributed by atoms with van der Waals surface area (Å²) < 4.78 is 2.29. The standard InChI is InChI=1S/C17H17ClN4/c18-14-5-2-1-4-12(14)10-16-21-15-6-3-8-20-17(15)22(16)13-7-9-19-11-13/h1-6,8,13,19H,7,9-11H2. The summed E-state index contributed by atoms with van der Waals surface area (Å²) in [5, 5.41) is 4.22. The first-order valence-electron chi connectivity index (χ1n) is 7.59. The molecule has 5 heteroatoms. The van der Waals surface area contributed by atoms with Gasteiger partial charge in [0.25, 0.3) is 0 Å². The molecule has 1 aromatic carbocycles. The predicted molar refractivity (Wildman–Crippen MR) is 88.3 cm³/mol. The molecule has 0 radical (unpaired) electrons. The number of halogens is 1. The fraction of sp³-hybridized carbons (Fsp3) is 0.294. The normalized spacial score (nSPS) is 18.1. The molecule has 0 amide bonds. The number of hydrogen-bond acceptors (Lipinski definition) is 3. The number of nitrogens with zero attached hydrogens (tertiary/aromatic N) is 3. The van der Waals surface area contributed by atoms with Crippen molar-refractivity contribution in [3.63, 3.8) is 0 Å². The van der Waals surface area contributed by atoms with Crippen LogP contribution in [0.1, 0.15) is 23.9 Å². The molecule has 4 rings (SSSR count). The fourth-order valence-corrected chi connectivity index (χ4v) is 3.36. The Bertz CT molecular complexity index is 805. The number of benzene rings is 1. The van der Waals surface area contributed by atoms with Crippen LogP contribution in [0.5, 0.6) is 0 Å². The molecule has 1 unspecified atom stereocenters. The van der Waals surface area contributed by atoms with E-state index < -0.39 is 0 Å². The average molecular weight is 313 g/mol. The van der Waals surface area contributed by atoms with Crippen LogP contribution in [0.25, 0.3) is 11.2 Å². The van der Waals surface area contributed by atoms with Gasteiger partial charge in [0.2, 0.25) is 0 Å². The van der Waals surface area contributed by atoms with E-state index in [0.29, 0.717) is 6.04 Å². The van der Waals surface area contributed by atoms with Crippen molar-refractivity contribution in [3.8, 4) is 0 Å². The zero-order chi connectivity index (χ0) is 14.9. The van der Waals surface area contributed by atoms with Gasteiger partial charge in [-0.1, -0.05) is 29.8 Å². The molecule has 112 valence electrons. The van der Waals surface area contributed by atoms with Gasteiger partial charge >= 0.3 is 0 Å². The maximum absolute atomic E-state index is 6.32. The second-order valence-corrected chi connectivity index (χ2v) is 6.07. The molecule has 0 spiro atoms. The van der Waals surface area contributed by atoms with Gasteiger partial charge in [-0.05, 0) is 36.7 Å². The van der Waals surface area contributed by atoms with Gasteiger partial charge in [0.1, 0.15) is 11.3 Å². The molecule has 22 heavy (non-hydrogen) atoms. The molecule has 3 aromatic rings. The second-order valence-electron chi connectivity index (χ2n) is 5.66. The van der Waals surface area contributed by atoms with E-state index in [9.17, 15) is 0 Å². The van der Waals surface area contributed by atoms with Crippen molar-refractivity contribution in [2.24, 2.45) is 0 Å². The molecule has 1 aliphatic rings. The van der Waals surface area contributed by atoms with E-state index in [0.717, 1.165) is 53.5 Å². The highest BCUT2D eigenvalue weighted by atomic mass is 35.5. The topological polar surface area (TPSA) is 42.7 Å². The molecule has 1 aliphatic heterocycles. The molecule has 2 aromatic heterocycles. The van der Waals surface area contributed by atoms with Gasteiger partial charge in [0.15, 0.2) is 5.65 Å². The molecular formula is C17H17ClN4. The van der Waals surface area contributed by atoms with Crippen LogP contribution in [-0.4, -0.2) is 27.6 Å². The van der Waals surface area contributed by atoms with Crippen LogP contribution in [0.2, 0.25) is 5.02 Å². The number of rotatable bonds is 3. The Morgan fingerprint density at radius 1 is 1.23 bits per heavy atom. The van der Waals surface area contributed by atoms with Crippen molar-refractivity contribution in [1.82, 2.24) is 19.9 Å². The van der Waals surface area contributed by atoms with Crippen molar-refractivity contribution < 1.29 is 0 Å². The SMILES string of the molecule is Clc1ccccc1Cc1nc2cccnc2n1C1CCNC1. The summed E-state index contributed by atoms with van der Waals surface area (Å²) in [6, 6.07) is 12.3. The van der Waals surface area contributed by atoms with E-state index in [-0.39, 0.29) is 0 Å². The van der Waals surface area contributed by atoms with E-state index >= 15 is 0 Å². The lowest BCUT2D eigenvalue weighted by Gasteiger charge is -2.15. The first-order chi connectivity index (χ1) is 10.8. The van der Waals surface area contributed by atoms with Gasteiger partial charge in [-0.25, -0.2) is 9.97 Å². The maximum Gasteiger partial charge on any atom is 0.160 e. The predicted octanol–water partition coefficient (Wildman–Crippen LogP) is 3.21. The van der Waals surface area contributed by atoms with Crippen LogP contribution in [0.3, 0.4) is 0 Å². The summed E-state index contributed by atoms with van der Waals surface area (Å²) in [5.41, 5.74) is 3.03. The van der Waals surface area contributed by atoms with Crippen molar-refractivity contribution >= 4 is 22.8 Å². The van der Waals surface area contributed by atoms with Crippen molar-refractivity contribution in [2.75, 3.05) is 13.1 Å². The molecule has 0 bridgehead atoms. The van der Waals surface area contributed by atoms with Crippen molar-refractivity contribution in [2.45, 2.75) is 18.9 Å². The van der Waals surface area contributed by atoms with Crippen LogP contribution in [-0.2, 0) is 6.42 Å². The zero-order valence-corrected chi connectivity index (χ0v) is 12.9. The number of fused-ring (bicyclic) bond motifs is 1. The minimum absolute atomic E-state index is 0.414. The number of hydrogen-bond donors (Lipinski definition) is 1. The summed E-state index contributed by atoms with van der Waals surface area (Å²) in [7, 11) is 0. The molecular weight excluding hydrogens is 296 g/mol. The van der Waals surface area contributed by atoms with Gasteiger partial charge in [0.05, 0.1) is 6.04 Å². The van der Waals surface area contributed by atoms with Gasteiger partial charge in [-0.15, -0.1) is 0 Å². The van der Waals surface area contributed by atoms with Gasteiger partial charge < -0.3 is 9.88 Å². The Kier molecular flexibility index (Phi) is 3.56. The third kappa shape index (κ3) is 2.38. The summed E-state index contributed by atoms with van der Waals surface area (Å²) in [6.45, 7) is 2.01. The minimum Gasteiger partial charge on any atom is -0.315 e. The number of pyridine rings is 1. The van der Waals surface area contributed by atoms with Crippen LogP contribution in [0.4, 0.5) is 0 Å². The van der Waals surface area contributed by atoms with E-state index in [4.69, 9.17) is 16.6 Å². The quantitative estimate of drug-likeness (QED) is 0.807. The zero-order valence-electron chi connectivity index (χ0n) is 12.2. The summed E-state index contributed by atoms with van der Waals surface area (Å²) in [5.74, 6) is 1.04. The molecule has 1 N–H and O–H groups in total. The highest BCUT2D eigenvalue weighted by Gasteiger charge is 2.23. The van der Waals surface area contributed by atoms with Crippen LogP contribution in [0.15, 0.2) is 42.6 Å². The van der Waals surface area contributed by atoms with Gasteiger partial charge in [0, 0.05) is 24.2 Å². The van der Waals surface area contributed by atoms with Gasteiger partial charge in [-0.3, -0.25) is 0 Å². The Labute approximate surface area is 134 Å². The van der Waals surface area contributed by atoms with Crippen molar-refractivity contribution in [3.05, 3.63) is 59.0 Å². The maximum atomic E-state index is 6.32. The third-order valence-corrected chi connectivity index (χ3v) is 4.60. The third-order valence-electron chi connectivity index (χ3n) is 4.23. The number of aromatic nitrogens is 3. The molecule has 4 nitrogen and oxygen atoms in total. The second kappa shape index (κ2) is 5.71. The van der Waals surface area contributed by atoms with E-state index in [1.807, 2.05) is 36.5 Å². The average Bonchev–Trinajstić information content (AvgIpc) is 3.16. The van der Waals surface area contributed by atoms with Crippen LogP contribution in [0, 0.1) is 0 Å². The van der Waals surface area contributed by atoms with E-state index in [1.54, 1.807) is 0 Å². The summed E-state index contributed by atoms with van der Waals surface area (Å²) >= 11 is 6.32. The van der Waals surface area contributed by atoms with Crippen molar-refractivity contribution in [1.29, 1.82) is 0 Å². The number of imidazole rings is 1. The van der Waals surface area contributed by atoms with E-state index in [2.05, 4.69) is 20.9 Å². The minimum atomic E-state index is 0.414. The lowest BCUT2D eigenvalue weighted by atomic mass is 10.1. The first-order valence-corrected chi connectivity index (χ1v) is 7.96. The van der Waals surface area contributed by atoms with E-state index in [1.165, 1.54) is 0 Å². The Balaban J connectivity index is 1.82. The van der Waals surface area contributed by atoms with Crippen LogP contribution >= 0.6 is 11.6 Å². The smallest absolute Gasteiger partial charge is 0.160 e.